The van der Waals surface area contributed by atoms with Crippen LogP contribution in [-0.2, 0) is 17.1 Å². The van der Waals surface area contributed by atoms with Gasteiger partial charge in [-0.25, -0.2) is 4.98 Å². The van der Waals surface area contributed by atoms with Crippen molar-refractivity contribution in [2.24, 2.45) is 5.92 Å². The quantitative estimate of drug-likeness (QED) is 0.857. The predicted molar refractivity (Wildman–Crippen MR) is 71.8 cm³/mol. The topological polar surface area (TPSA) is 53.4 Å². The maximum absolute atomic E-state index is 12.1. The molecule has 1 fully saturated rings. The number of rotatable bonds is 4. The van der Waals surface area contributed by atoms with Crippen LogP contribution < -0.4 is 0 Å². The summed E-state index contributed by atoms with van der Waals surface area (Å²) in [4.78, 5) is 18.2. The minimum atomic E-state index is 0.101. The van der Waals surface area contributed by atoms with Crippen LogP contribution in [0.5, 0.6) is 0 Å². The van der Waals surface area contributed by atoms with E-state index < -0.39 is 0 Å². The van der Waals surface area contributed by atoms with Gasteiger partial charge in [-0.15, -0.1) is 22.9 Å². The molecule has 2 heterocycles. The van der Waals surface area contributed by atoms with Gasteiger partial charge in [-0.3, -0.25) is 4.79 Å². The molecule has 1 unspecified atom stereocenters. The van der Waals surface area contributed by atoms with Gasteiger partial charge in [0, 0.05) is 25.1 Å². The van der Waals surface area contributed by atoms with Crippen molar-refractivity contribution >= 4 is 28.8 Å². The second kappa shape index (κ2) is 6.50. The van der Waals surface area contributed by atoms with Gasteiger partial charge in [-0.05, 0) is 18.8 Å². The summed E-state index contributed by atoms with van der Waals surface area (Å²) in [5.41, 5.74) is 0.830. The van der Waals surface area contributed by atoms with Crippen LogP contribution in [0.3, 0.4) is 0 Å². The molecular formula is C12H17ClN2O2S. The minimum Gasteiger partial charge on any atom is -0.396 e. The highest BCUT2D eigenvalue weighted by molar-refractivity contribution is 7.09. The average Bonchev–Trinajstić information content (AvgIpc) is 2.86. The fourth-order valence-electron chi connectivity index (χ4n) is 2.17. The first-order valence-corrected chi connectivity index (χ1v) is 7.52. The number of aromatic nitrogens is 1. The Morgan fingerprint density at radius 1 is 1.67 bits per heavy atom. The van der Waals surface area contributed by atoms with Gasteiger partial charge in [-0.1, -0.05) is 0 Å². The summed E-state index contributed by atoms with van der Waals surface area (Å²) in [7, 11) is 0. The number of carbonyl (C=O) groups excluding carboxylic acids is 1. The summed E-state index contributed by atoms with van der Waals surface area (Å²) in [5, 5.41) is 11.9. The third kappa shape index (κ3) is 3.43. The van der Waals surface area contributed by atoms with Crippen LogP contribution in [0.25, 0.3) is 0 Å². The summed E-state index contributed by atoms with van der Waals surface area (Å²) < 4.78 is 0. The van der Waals surface area contributed by atoms with Crippen molar-refractivity contribution in [1.29, 1.82) is 0 Å². The summed E-state index contributed by atoms with van der Waals surface area (Å²) in [6.45, 7) is 1.63. The fourth-order valence-corrected chi connectivity index (χ4v) is 3.19. The van der Waals surface area contributed by atoms with Gasteiger partial charge in [0.1, 0.15) is 5.01 Å². The van der Waals surface area contributed by atoms with E-state index in [9.17, 15) is 4.79 Å². The summed E-state index contributed by atoms with van der Waals surface area (Å²) >= 11 is 7.17. The number of thiazole rings is 1. The molecule has 1 aliphatic heterocycles. The molecule has 0 spiro atoms. The van der Waals surface area contributed by atoms with Crippen molar-refractivity contribution in [2.45, 2.75) is 25.1 Å². The number of amides is 1. The van der Waals surface area contributed by atoms with E-state index in [4.69, 9.17) is 16.7 Å². The molecule has 1 aliphatic rings. The lowest BCUT2D eigenvalue weighted by molar-refractivity contribution is -0.132. The lowest BCUT2D eigenvalue weighted by Crippen LogP contribution is -2.41. The van der Waals surface area contributed by atoms with E-state index in [1.807, 2.05) is 10.3 Å². The SMILES string of the molecule is O=C(Cc1nc(CCl)cs1)N1CCCC(CO)C1. The first kappa shape index (κ1) is 13.8. The number of alkyl halides is 1. The first-order valence-electron chi connectivity index (χ1n) is 6.10. The van der Waals surface area contributed by atoms with Gasteiger partial charge in [-0.2, -0.15) is 0 Å². The van der Waals surface area contributed by atoms with Crippen molar-refractivity contribution in [3.8, 4) is 0 Å². The van der Waals surface area contributed by atoms with Crippen LogP contribution in [-0.4, -0.2) is 40.6 Å². The third-order valence-electron chi connectivity index (χ3n) is 3.17. The number of likely N-dealkylation sites (tertiary alicyclic amines) is 1. The van der Waals surface area contributed by atoms with Gasteiger partial charge in [0.25, 0.3) is 0 Å². The number of halogens is 1. The lowest BCUT2D eigenvalue weighted by Gasteiger charge is -2.31. The fraction of sp³-hybridized carbons (Fsp3) is 0.667. The van der Waals surface area contributed by atoms with Crippen molar-refractivity contribution < 1.29 is 9.90 Å². The smallest absolute Gasteiger partial charge is 0.229 e. The number of hydrogen-bond donors (Lipinski definition) is 1. The highest BCUT2D eigenvalue weighted by Crippen LogP contribution is 2.18. The number of aliphatic hydroxyl groups excluding tert-OH is 1. The van der Waals surface area contributed by atoms with Crippen molar-refractivity contribution in [3.05, 3.63) is 16.1 Å². The van der Waals surface area contributed by atoms with E-state index in [1.165, 1.54) is 11.3 Å². The Kier molecular flexibility index (Phi) is 4.97. The Morgan fingerprint density at radius 2 is 2.50 bits per heavy atom. The van der Waals surface area contributed by atoms with E-state index in [0.717, 1.165) is 30.1 Å². The second-order valence-corrected chi connectivity index (χ2v) is 5.78. The zero-order chi connectivity index (χ0) is 13.0. The molecule has 0 radical (unpaired) electrons. The Hall–Kier alpha value is -0.650. The molecule has 1 amide bonds. The molecule has 0 saturated carbocycles. The summed E-state index contributed by atoms with van der Waals surface area (Å²) in [5.74, 6) is 0.724. The number of hydrogen-bond acceptors (Lipinski definition) is 4. The molecule has 0 bridgehead atoms. The van der Waals surface area contributed by atoms with E-state index in [1.54, 1.807) is 0 Å². The Morgan fingerprint density at radius 3 is 3.17 bits per heavy atom. The van der Waals surface area contributed by atoms with E-state index in [0.29, 0.717) is 18.8 Å². The molecule has 4 nitrogen and oxygen atoms in total. The molecule has 6 heteroatoms. The number of nitrogens with zero attached hydrogens (tertiary/aromatic N) is 2. The van der Waals surface area contributed by atoms with Crippen molar-refractivity contribution in [3.63, 3.8) is 0 Å². The number of piperidine rings is 1. The molecule has 18 heavy (non-hydrogen) atoms. The Bertz CT molecular complexity index is 411. The van der Waals surface area contributed by atoms with E-state index in [-0.39, 0.29) is 18.4 Å². The van der Waals surface area contributed by atoms with Crippen LogP contribution in [0.2, 0.25) is 0 Å². The maximum atomic E-state index is 12.1. The molecule has 0 aromatic carbocycles. The average molecular weight is 289 g/mol. The molecule has 0 aliphatic carbocycles. The molecule has 100 valence electrons. The Labute approximate surface area is 116 Å². The highest BCUT2D eigenvalue weighted by Gasteiger charge is 2.23. The monoisotopic (exact) mass is 288 g/mol. The standard InChI is InChI=1S/C12H17ClN2O2S/c13-5-10-8-18-11(14-10)4-12(17)15-3-1-2-9(6-15)7-16/h8-9,16H,1-7H2. The van der Waals surface area contributed by atoms with Gasteiger partial charge in [0.05, 0.1) is 18.0 Å². The van der Waals surface area contributed by atoms with Crippen molar-refractivity contribution in [1.82, 2.24) is 9.88 Å². The van der Waals surface area contributed by atoms with Gasteiger partial charge in [0.2, 0.25) is 5.91 Å². The first-order chi connectivity index (χ1) is 8.72. The van der Waals surface area contributed by atoms with E-state index >= 15 is 0 Å². The minimum absolute atomic E-state index is 0.101. The van der Waals surface area contributed by atoms with E-state index in [2.05, 4.69) is 4.98 Å². The zero-order valence-electron chi connectivity index (χ0n) is 10.1. The third-order valence-corrected chi connectivity index (χ3v) is 4.34. The lowest BCUT2D eigenvalue weighted by atomic mass is 9.99. The van der Waals surface area contributed by atoms with Crippen molar-refractivity contribution in [2.75, 3.05) is 19.7 Å². The van der Waals surface area contributed by atoms with Crippen LogP contribution in [0, 0.1) is 5.92 Å². The highest BCUT2D eigenvalue weighted by atomic mass is 35.5. The van der Waals surface area contributed by atoms with Crippen LogP contribution in [0.15, 0.2) is 5.38 Å². The van der Waals surface area contributed by atoms with Crippen LogP contribution in [0.4, 0.5) is 0 Å². The Balaban J connectivity index is 1.90. The summed E-state index contributed by atoms with van der Waals surface area (Å²) in [6, 6.07) is 0. The van der Waals surface area contributed by atoms with Gasteiger partial charge in [0.15, 0.2) is 0 Å². The molecule has 1 aromatic rings. The zero-order valence-corrected chi connectivity index (χ0v) is 11.7. The summed E-state index contributed by atoms with van der Waals surface area (Å²) in [6.07, 6.45) is 2.33. The second-order valence-electron chi connectivity index (χ2n) is 4.57. The van der Waals surface area contributed by atoms with Crippen LogP contribution in [0.1, 0.15) is 23.5 Å². The normalized spacial score (nSPS) is 20.1. The molecule has 1 saturated heterocycles. The number of carbonyl (C=O) groups is 1. The van der Waals surface area contributed by atoms with Crippen LogP contribution >= 0.6 is 22.9 Å². The van der Waals surface area contributed by atoms with Gasteiger partial charge >= 0.3 is 0 Å². The molecular weight excluding hydrogens is 272 g/mol. The van der Waals surface area contributed by atoms with Gasteiger partial charge < -0.3 is 10.0 Å². The molecule has 2 rings (SSSR count). The molecule has 1 aromatic heterocycles. The predicted octanol–water partition coefficient (Wildman–Crippen LogP) is 1.66. The number of aliphatic hydroxyl groups is 1. The molecule has 1 N–H and O–H groups in total. The molecule has 1 atom stereocenters. The largest absolute Gasteiger partial charge is 0.396 e. The maximum Gasteiger partial charge on any atom is 0.229 e.